The van der Waals surface area contributed by atoms with E-state index in [4.69, 9.17) is 28.4 Å². The van der Waals surface area contributed by atoms with Gasteiger partial charge in [-0.05, 0) is 35.4 Å². The zero-order chi connectivity index (χ0) is 35.5. The van der Waals surface area contributed by atoms with E-state index in [1.54, 1.807) is 32.4 Å². The lowest BCUT2D eigenvalue weighted by Crippen LogP contribution is -2.44. The molecule has 14 heteroatoms. The number of hydrogen-bond donors (Lipinski definition) is 8. The van der Waals surface area contributed by atoms with Crippen LogP contribution in [0.25, 0.3) is 12.2 Å². The van der Waals surface area contributed by atoms with Crippen molar-refractivity contribution in [1.29, 1.82) is 0 Å². The van der Waals surface area contributed by atoms with Gasteiger partial charge in [0.05, 0.1) is 116 Å². The van der Waals surface area contributed by atoms with Gasteiger partial charge in [-0.25, -0.2) is 0 Å². The number of methoxy groups -OCH3 is 2. The molecule has 0 bridgehead atoms. The van der Waals surface area contributed by atoms with Crippen molar-refractivity contribution in [2.24, 2.45) is 16.2 Å². The molecule has 0 unspecified atom stereocenters. The second kappa shape index (κ2) is 21.3. The Balaban J connectivity index is 2.07. The van der Waals surface area contributed by atoms with Crippen molar-refractivity contribution in [3.8, 4) is 17.2 Å². The highest BCUT2D eigenvalue weighted by Crippen LogP contribution is 2.25. The second-order valence-electron chi connectivity index (χ2n) is 12.1. The highest BCUT2D eigenvalue weighted by molar-refractivity contribution is 5.71. The average molecular weight is 685 g/mol. The maximum Gasteiger partial charge on any atom is 0.123 e. The fraction of sp³-hybridized carbons (Fsp3) is 0.588. The molecule has 0 radical (unpaired) electrons. The van der Waals surface area contributed by atoms with E-state index in [1.165, 1.54) is 0 Å². The topological polar surface area (TPSA) is 217 Å². The molecular weight excluding hydrogens is 632 g/mol. The van der Waals surface area contributed by atoms with Gasteiger partial charge in [-0.3, -0.25) is 0 Å². The molecule has 14 nitrogen and oxygen atoms in total. The first kappa shape index (κ1) is 41.3. The third-order valence-electron chi connectivity index (χ3n) is 8.00. The van der Waals surface area contributed by atoms with Crippen molar-refractivity contribution in [1.82, 2.24) is 0 Å². The Morgan fingerprint density at radius 3 is 1.38 bits per heavy atom. The van der Waals surface area contributed by atoms with Crippen LogP contribution in [0.2, 0.25) is 0 Å². The summed E-state index contributed by atoms with van der Waals surface area (Å²) in [5, 5.41) is 78.1. The third kappa shape index (κ3) is 12.5. The summed E-state index contributed by atoms with van der Waals surface area (Å²) < 4.78 is 33.8. The monoisotopic (exact) mass is 684 g/mol. The largest absolute Gasteiger partial charge is 0.497 e. The minimum Gasteiger partial charge on any atom is -0.497 e. The lowest BCUT2D eigenvalue weighted by molar-refractivity contribution is -0.137. The van der Waals surface area contributed by atoms with E-state index < -0.39 is 75.2 Å². The van der Waals surface area contributed by atoms with Crippen LogP contribution < -0.4 is 14.2 Å². The molecule has 0 saturated heterocycles. The molecule has 2 aromatic rings. The number of ether oxygens (including phenoxy) is 6. The number of aliphatic hydroxyl groups is 8. The minimum atomic E-state index is -1.28. The van der Waals surface area contributed by atoms with Crippen LogP contribution in [0.5, 0.6) is 17.2 Å². The van der Waals surface area contributed by atoms with Crippen LogP contribution in [0.3, 0.4) is 0 Å². The smallest absolute Gasteiger partial charge is 0.123 e. The first-order chi connectivity index (χ1) is 23.2. The Morgan fingerprint density at radius 2 is 0.958 bits per heavy atom. The Kier molecular flexibility index (Phi) is 18.3. The molecular formula is C34H52O14. The van der Waals surface area contributed by atoms with Crippen molar-refractivity contribution >= 4 is 12.2 Å². The minimum absolute atomic E-state index is 0.113. The normalized spacial score (nSPS) is 12.6. The van der Waals surface area contributed by atoms with Gasteiger partial charge in [0.1, 0.15) is 30.0 Å². The van der Waals surface area contributed by atoms with Gasteiger partial charge in [-0.2, -0.15) is 0 Å². The van der Waals surface area contributed by atoms with Crippen molar-refractivity contribution < 1.29 is 69.3 Å². The van der Waals surface area contributed by atoms with Gasteiger partial charge in [-0.15, -0.1) is 0 Å². The van der Waals surface area contributed by atoms with Gasteiger partial charge in [0.25, 0.3) is 0 Å². The molecule has 2 rings (SSSR count). The van der Waals surface area contributed by atoms with Gasteiger partial charge in [0.2, 0.25) is 0 Å². The predicted octanol–water partition coefficient (Wildman–Crippen LogP) is -0.431. The number of benzene rings is 2. The van der Waals surface area contributed by atoms with Crippen LogP contribution in [-0.2, 0) is 14.2 Å². The molecule has 0 fully saturated rings. The molecule has 48 heavy (non-hydrogen) atoms. The molecule has 0 heterocycles. The van der Waals surface area contributed by atoms with E-state index in [-0.39, 0.29) is 39.6 Å². The first-order valence-corrected chi connectivity index (χ1v) is 15.4. The van der Waals surface area contributed by atoms with E-state index in [2.05, 4.69) is 0 Å². The Bertz CT molecular complexity index is 1110. The summed E-state index contributed by atoms with van der Waals surface area (Å²) >= 11 is 0. The Labute approximate surface area is 281 Å². The van der Waals surface area contributed by atoms with Crippen molar-refractivity contribution in [3.63, 3.8) is 0 Å². The van der Waals surface area contributed by atoms with E-state index in [9.17, 15) is 40.9 Å². The van der Waals surface area contributed by atoms with Gasteiger partial charge < -0.3 is 69.3 Å². The van der Waals surface area contributed by atoms with E-state index >= 15 is 0 Å². The molecule has 0 amide bonds. The lowest BCUT2D eigenvalue weighted by atomic mass is 9.92. The van der Waals surface area contributed by atoms with Crippen LogP contribution in [0.15, 0.2) is 42.5 Å². The summed E-state index contributed by atoms with van der Waals surface area (Å²) in [5.41, 5.74) is -2.02. The summed E-state index contributed by atoms with van der Waals surface area (Å²) in [6.07, 6.45) is 3.00. The molecule has 0 aliphatic rings. The second-order valence-corrected chi connectivity index (χ2v) is 12.1. The fourth-order valence-electron chi connectivity index (χ4n) is 4.13. The van der Waals surface area contributed by atoms with Crippen LogP contribution in [0.1, 0.15) is 11.1 Å². The quantitative estimate of drug-likeness (QED) is 0.0591. The average Bonchev–Trinajstić information content (AvgIpc) is 3.14. The number of rotatable bonds is 26. The Hall–Kier alpha value is -2.86. The van der Waals surface area contributed by atoms with Crippen LogP contribution >= 0.6 is 0 Å². The molecule has 8 N–H and O–H groups in total. The van der Waals surface area contributed by atoms with E-state index in [0.29, 0.717) is 17.2 Å². The molecule has 272 valence electrons. The fourth-order valence-corrected chi connectivity index (χ4v) is 4.13. The molecule has 0 atom stereocenters. The first-order valence-electron chi connectivity index (χ1n) is 15.4. The van der Waals surface area contributed by atoms with Gasteiger partial charge >= 0.3 is 0 Å². The molecule has 0 aromatic heterocycles. The van der Waals surface area contributed by atoms with Crippen molar-refractivity contribution in [3.05, 3.63) is 53.6 Å². The van der Waals surface area contributed by atoms with Crippen molar-refractivity contribution in [2.45, 2.75) is 6.10 Å². The summed E-state index contributed by atoms with van der Waals surface area (Å²) in [6.45, 7) is -5.17. The van der Waals surface area contributed by atoms with Gasteiger partial charge in [0, 0.05) is 6.07 Å². The highest BCUT2D eigenvalue weighted by Gasteiger charge is 2.34. The summed E-state index contributed by atoms with van der Waals surface area (Å²) in [4.78, 5) is 0. The molecule has 0 aliphatic heterocycles. The maximum atomic E-state index is 10.2. The van der Waals surface area contributed by atoms with Crippen LogP contribution in [0, 0.1) is 16.2 Å². The van der Waals surface area contributed by atoms with Crippen LogP contribution in [0.4, 0.5) is 0 Å². The highest BCUT2D eigenvalue weighted by atomic mass is 16.6. The van der Waals surface area contributed by atoms with Crippen LogP contribution in [-0.4, -0.2) is 154 Å². The zero-order valence-corrected chi connectivity index (χ0v) is 27.7. The lowest BCUT2D eigenvalue weighted by Gasteiger charge is -2.33. The number of hydrogen-bond acceptors (Lipinski definition) is 14. The summed E-state index contributed by atoms with van der Waals surface area (Å²) in [6, 6.07) is 12.7. The maximum absolute atomic E-state index is 10.2. The molecule has 0 aliphatic carbocycles. The Morgan fingerprint density at radius 1 is 0.521 bits per heavy atom. The zero-order valence-electron chi connectivity index (χ0n) is 27.7. The number of aliphatic hydroxyl groups excluding tert-OH is 8. The predicted molar refractivity (Wildman–Crippen MR) is 176 cm³/mol. The van der Waals surface area contributed by atoms with Crippen molar-refractivity contribution in [2.75, 3.05) is 107 Å². The summed E-state index contributed by atoms with van der Waals surface area (Å²) in [7, 11) is 3.17. The summed E-state index contributed by atoms with van der Waals surface area (Å²) in [5.74, 6) is 1.83. The molecule has 0 spiro atoms. The SMILES string of the molecule is COc1cc(/C=C/c2ccc(OCC(CO)(CO)COC(COCC(CO)(CO)CO)COCC(CO)(CO)CO)cc2)cc(OC)c1. The third-order valence-corrected chi connectivity index (χ3v) is 8.00. The standard InChI is InChI=1S/C34H52O14/c1-43-29-9-27(10-30(11-29)44-2)4-3-26-5-7-28(8-6-26)47-24-34(20-41,21-42)25-48-31(12-45-22-32(14-35,15-36)16-37)13-46-23-33(17-38,18-39)19-40/h3-11,31,35-42H,12-25H2,1-2H3/b4-3+. The molecule has 0 saturated carbocycles. The van der Waals surface area contributed by atoms with E-state index in [1.807, 2.05) is 36.4 Å². The molecule has 2 aromatic carbocycles. The van der Waals surface area contributed by atoms with E-state index in [0.717, 1.165) is 11.1 Å². The van der Waals surface area contributed by atoms with Gasteiger partial charge in [0.15, 0.2) is 0 Å². The van der Waals surface area contributed by atoms with Gasteiger partial charge in [-0.1, -0.05) is 24.3 Å².